The van der Waals surface area contributed by atoms with Gasteiger partial charge in [-0.05, 0) is 29.8 Å². The van der Waals surface area contributed by atoms with Crippen LogP contribution in [-0.2, 0) is 15.4 Å². The van der Waals surface area contributed by atoms with E-state index in [0.29, 0.717) is 5.71 Å². The molecule has 0 bridgehead atoms. The first-order valence-corrected chi connectivity index (χ1v) is 11.3. The smallest absolute Gasteiger partial charge is 0.282 e. The molecule has 0 atom stereocenters. The predicted molar refractivity (Wildman–Crippen MR) is 123 cm³/mol. The molecule has 0 radical (unpaired) electrons. The van der Waals surface area contributed by atoms with Gasteiger partial charge in [0.2, 0.25) is 0 Å². The number of fused-ring (bicyclic) bond motifs is 1. The number of allylic oxidation sites excluding steroid dienone is 2. The minimum atomic E-state index is -3.85. The highest BCUT2D eigenvalue weighted by Gasteiger charge is 2.38. The van der Waals surface area contributed by atoms with Gasteiger partial charge in [-0.15, -0.1) is 0 Å². The van der Waals surface area contributed by atoms with E-state index in [1.807, 2.05) is 55.6 Å². The lowest BCUT2D eigenvalue weighted by Gasteiger charge is -2.24. The minimum Gasteiger partial charge on any atom is -0.347 e. The van der Waals surface area contributed by atoms with Crippen molar-refractivity contribution < 1.29 is 8.42 Å². The third kappa shape index (κ3) is 3.57. The van der Waals surface area contributed by atoms with Gasteiger partial charge in [-0.25, -0.2) is 0 Å². The lowest BCUT2D eigenvalue weighted by Crippen LogP contribution is -2.24. The van der Waals surface area contributed by atoms with Crippen molar-refractivity contribution in [3.05, 3.63) is 108 Å². The van der Waals surface area contributed by atoms with E-state index in [2.05, 4.69) is 35.3 Å². The van der Waals surface area contributed by atoms with Gasteiger partial charge in [-0.3, -0.25) is 0 Å². The van der Waals surface area contributed by atoms with Crippen LogP contribution >= 0.6 is 0 Å². The average Bonchev–Trinajstić information content (AvgIpc) is 2.95. The molecule has 0 aliphatic carbocycles. The fraction of sp³-hybridized carbons (Fsp3) is 0.160. The number of nitrogens with zero attached hydrogens (tertiary/aromatic N) is 2. The largest absolute Gasteiger partial charge is 0.347 e. The number of sulfonamides is 1. The molecule has 0 saturated heterocycles. The summed E-state index contributed by atoms with van der Waals surface area (Å²) in [6.45, 7) is 4.30. The maximum Gasteiger partial charge on any atom is 0.282 e. The zero-order valence-corrected chi connectivity index (χ0v) is 18.1. The summed E-state index contributed by atoms with van der Waals surface area (Å²) in [5, 5.41) is 0. The van der Waals surface area contributed by atoms with Crippen molar-refractivity contribution in [1.82, 2.24) is 0 Å². The van der Waals surface area contributed by atoms with Crippen LogP contribution in [0.4, 0.5) is 5.69 Å². The number of hydrogen-bond donors (Lipinski definition) is 0. The van der Waals surface area contributed by atoms with Gasteiger partial charge in [-0.1, -0.05) is 80.6 Å². The highest BCUT2D eigenvalue weighted by molar-refractivity contribution is 7.90. The molecule has 1 aliphatic rings. The first kappa shape index (κ1) is 20.1. The third-order valence-electron chi connectivity index (χ3n) is 5.54. The lowest BCUT2D eigenvalue weighted by molar-refractivity contribution is 0.598. The molecule has 30 heavy (non-hydrogen) atoms. The number of anilines is 1. The van der Waals surface area contributed by atoms with E-state index in [-0.39, 0.29) is 10.3 Å². The Kier molecular flexibility index (Phi) is 5.08. The molecule has 0 fully saturated rings. The Hall–Kier alpha value is -3.18. The molecule has 152 valence electrons. The second kappa shape index (κ2) is 7.58. The van der Waals surface area contributed by atoms with E-state index in [4.69, 9.17) is 0 Å². The molecule has 0 N–H and O–H groups in total. The molecule has 0 amide bonds. The number of hydrogen-bond acceptors (Lipinski definition) is 3. The summed E-state index contributed by atoms with van der Waals surface area (Å²) in [4.78, 5) is 2.29. The number of benzene rings is 3. The van der Waals surface area contributed by atoms with Gasteiger partial charge in [0.25, 0.3) is 10.0 Å². The summed E-state index contributed by atoms with van der Waals surface area (Å²) in [5.41, 5.74) is 4.21. The first-order valence-electron chi connectivity index (χ1n) is 9.81. The molecular formula is C25H24N2O2S. The Morgan fingerprint density at radius 1 is 0.867 bits per heavy atom. The van der Waals surface area contributed by atoms with Gasteiger partial charge >= 0.3 is 0 Å². The summed E-state index contributed by atoms with van der Waals surface area (Å²) in [6.07, 6.45) is 1.90. The van der Waals surface area contributed by atoms with E-state index < -0.39 is 10.0 Å². The lowest BCUT2D eigenvalue weighted by atomic mass is 9.83. The van der Waals surface area contributed by atoms with Crippen LogP contribution in [-0.4, -0.2) is 21.2 Å². The molecular weight excluding hydrogens is 392 g/mol. The van der Waals surface area contributed by atoms with E-state index in [1.165, 1.54) is 5.56 Å². The van der Waals surface area contributed by atoms with Crippen LogP contribution < -0.4 is 4.90 Å². The Morgan fingerprint density at radius 2 is 1.43 bits per heavy atom. The van der Waals surface area contributed by atoms with Crippen LogP contribution in [0.5, 0.6) is 0 Å². The molecule has 4 nitrogen and oxygen atoms in total. The van der Waals surface area contributed by atoms with Gasteiger partial charge in [0.15, 0.2) is 0 Å². The number of para-hydroxylation sites is 1. The molecule has 1 heterocycles. The fourth-order valence-electron chi connectivity index (χ4n) is 3.93. The van der Waals surface area contributed by atoms with Crippen LogP contribution in [0.3, 0.4) is 0 Å². The Morgan fingerprint density at radius 3 is 2.07 bits per heavy atom. The van der Waals surface area contributed by atoms with E-state index in [1.54, 1.807) is 30.3 Å². The van der Waals surface area contributed by atoms with E-state index in [9.17, 15) is 8.42 Å². The summed E-state index contributed by atoms with van der Waals surface area (Å²) < 4.78 is 30.3. The predicted octanol–water partition coefficient (Wildman–Crippen LogP) is 5.18. The third-order valence-corrected chi connectivity index (χ3v) is 6.85. The van der Waals surface area contributed by atoms with Gasteiger partial charge in [0.1, 0.15) is 0 Å². The van der Waals surface area contributed by atoms with Crippen molar-refractivity contribution in [2.75, 3.05) is 11.9 Å². The van der Waals surface area contributed by atoms with Crippen molar-refractivity contribution in [2.24, 2.45) is 4.40 Å². The number of likely N-dealkylation sites (N-methyl/N-ethyl adjacent to an activating group) is 1. The summed E-state index contributed by atoms with van der Waals surface area (Å²) in [7, 11) is -1.84. The minimum absolute atomic E-state index is 0.180. The Labute approximate surface area is 178 Å². The molecule has 1 aliphatic heterocycles. The fourth-order valence-corrected chi connectivity index (χ4v) is 4.96. The van der Waals surface area contributed by atoms with E-state index >= 15 is 0 Å². The molecule has 0 spiro atoms. The quantitative estimate of drug-likeness (QED) is 0.551. The number of rotatable bonds is 4. The monoisotopic (exact) mass is 416 g/mol. The van der Waals surface area contributed by atoms with Crippen molar-refractivity contribution in [3.63, 3.8) is 0 Å². The molecule has 0 saturated carbocycles. The summed E-state index contributed by atoms with van der Waals surface area (Å²) >= 11 is 0. The zero-order valence-electron chi connectivity index (χ0n) is 17.3. The second-order valence-corrected chi connectivity index (χ2v) is 9.47. The zero-order chi connectivity index (χ0) is 21.4. The van der Waals surface area contributed by atoms with Crippen LogP contribution in [0.25, 0.3) is 0 Å². The van der Waals surface area contributed by atoms with Gasteiger partial charge in [0, 0.05) is 29.4 Å². The van der Waals surface area contributed by atoms with Gasteiger partial charge in [0.05, 0.1) is 10.6 Å². The van der Waals surface area contributed by atoms with Crippen molar-refractivity contribution >= 4 is 21.4 Å². The standard InChI is InChI=1S/C25H24N2O2S/c1-25(2)21-16-10-11-17-23(21)27(3)24(25)18-22(19-12-6-4-7-13-19)26-30(28,29)20-14-8-5-9-15-20/h4-18H,1-3H3. The Bertz CT molecular complexity index is 1230. The van der Waals surface area contributed by atoms with E-state index in [0.717, 1.165) is 16.9 Å². The van der Waals surface area contributed by atoms with Gasteiger partial charge < -0.3 is 4.90 Å². The molecule has 3 aromatic rings. The maximum atomic E-state index is 13.0. The van der Waals surface area contributed by atoms with Crippen LogP contribution in [0, 0.1) is 0 Å². The SMILES string of the molecule is CN1C(=CC(=NS(=O)(=O)c2ccccc2)c2ccccc2)C(C)(C)c2ccccc21. The molecule has 4 rings (SSSR count). The van der Waals surface area contributed by atoms with Crippen LogP contribution in [0.15, 0.2) is 106 Å². The van der Waals surface area contributed by atoms with Crippen molar-refractivity contribution in [1.29, 1.82) is 0 Å². The molecule has 0 aromatic heterocycles. The summed E-state index contributed by atoms with van der Waals surface area (Å²) in [5.74, 6) is 0. The van der Waals surface area contributed by atoms with Crippen LogP contribution in [0.2, 0.25) is 0 Å². The van der Waals surface area contributed by atoms with Crippen LogP contribution in [0.1, 0.15) is 25.0 Å². The average molecular weight is 417 g/mol. The molecule has 5 heteroatoms. The Balaban J connectivity index is 1.89. The topological polar surface area (TPSA) is 49.7 Å². The first-order chi connectivity index (χ1) is 14.3. The highest BCUT2D eigenvalue weighted by Crippen LogP contribution is 2.46. The molecule has 0 unspecified atom stereocenters. The van der Waals surface area contributed by atoms with Gasteiger partial charge in [-0.2, -0.15) is 12.8 Å². The maximum absolute atomic E-state index is 13.0. The van der Waals surface area contributed by atoms with Crippen molar-refractivity contribution in [2.45, 2.75) is 24.2 Å². The summed E-state index contributed by atoms with van der Waals surface area (Å²) in [6, 6.07) is 26.0. The normalized spacial score (nSPS) is 17.2. The second-order valence-electron chi connectivity index (χ2n) is 7.86. The molecule has 3 aromatic carbocycles. The highest BCUT2D eigenvalue weighted by atomic mass is 32.2. The van der Waals surface area contributed by atoms with Crippen molar-refractivity contribution in [3.8, 4) is 0 Å².